The maximum Gasteiger partial charge on any atom is 0.261 e. The summed E-state index contributed by atoms with van der Waals surface area (Å²) < 4.78 is 11.3. The summed E-state index contributed by atoms with van der Waals surface area (Å²) in [5.74, 6) is 0.852. The van der Waals surface area contributed by atoms with Crippen molar-refractivity contribution in [1.82, 2.24) is 10.2 Å². The number of ether oxygens (including phenoxy) is 2. The number of hydrogen-bond donors (Lipinski definition) is 1. The first kappa shape index (κ1) is 26.8. The van der Waals surface area contributed by atoms with E-state index in [1.165, 1.54) is 0 Å². The van der Waals surface area contributed by atoms with Gasteiger partial charge in [0, 0.05) is 18.5 Å². The van der Waals surface area contributed by atoms with Crippen LogP contribution in [0.1, 0.15) is 37.5 Å². The van der Waals surface area contributed by atoms with Gasteiger partial charge in [-0.25, -0.2) is 0 Å². The van der Waals surface area contributed by atoms with Crippen LogP contribution in [0.25, 0.3) is 0 Å². The van der Waals surface area contributed by atoms with Crippen molar-refractivity contribution >= 4 is 11.8 Å². The van der Waals surface area contributed by atoms with E-state index in [1.807, 2.05) is 107 Å². The molecule has 0 spiro atoms. The molecule has 3 rings (SSSR count). The zero-order valence-corrected chi connectivity index (χ0v) is 21.8. The van der Waals surface area contributed by atoms with E-state index in [9.17, 15) is 9.59 Å². The van der Waals surface area contributed by atoms with Crippen molar-refractivity contribution in [2.24, 2.45) is 0 Å². The van der Waals surface area contributed by atoms with Crippen LogP contribution in [0.15, 0.2) is 78.9 Å². The Labute approximate surface area is 214 Å². The number of hydrogen-bond acceptors (Lipinski definition) is 4. The summed E-state index contributed by atoms with van der Waals surface area (Å²) in [7, 11) is 1.60. The van der Waals surface area contributed by atoms with Gasteiger partial charge in [-0.3, -0.25) is 9.59 Å². The van der Waals surface area contributed by atoms with Crippen LogP contribution in [0.4, 0.5) is 0 Å². The number of rotatable bonds is 10. The predicted molar refractivity (Wildman–Crippen MR) is 142 cm³/mol. The Kier molecular flexibility index (Phi) is 9.12. The molecule has 0 saturated carbocycles. The summed E-state index contributed by atoms with van der Waals surface area (Å²) in [6, 6.07) is 24.1. The van der Waals surface area contributed by atoms with Crippen LogP contribution in [-0.4, -0.2) is 42.0 Å². The molecule has 3 aromatic rings. The van der Waals surface area contributed by atoms with Gasteiger partial charge in [0.05, 0.1) is 7.11 Å². The molecule has 0 aliphatic carbocycles. The van der Waals surface area contributed by atoms with Gasteiger partial charge in [0.15, 0.2) is 6.61 Å². The molecule has 6 nitrogen and oxygen atoms in total. The molecule has 190 valence electrons. The standard InChI is InChI=1S/C30H36N2O4/c1-22-12-9-10-17-27(22)36-21-28(33)32(20-24-15-11-16-25(18-24)35-5)26(29(34)31-30(2,3)4)19-23-13-7-6-8-14-23/h6-18,26H,19-21H2,1-5H3,(H,31,34)/t26-/m0/s1. The molecule has 3 aromatic carbocycles. The second-order valence-electron chi connectivity index (χ2n) is 9.87. The highest BCUT2D eigenvalue weighted by molar-refractivity contribution is 5.89. The van der Waals surface area contributed by atoms with E-state index >= 15 is 0 Å². The summed E-state index contributed by atoms with van der Waals surface area (Å²) in [6.45, 7) is 7.79. The lowest BCUT2D eigenvalue weighted by molar-refractivity contribution is -0.143. The minimum absolute atomic E-state index is 0.178. The van der Waals surface area contributed by atoms with Crippen molar-refractivity contribution in [1.29, 1.82) is 0 Å². The van der Waals surface area contributed by atoms with Crippen LogP contribution in [0.5, 0.6) is 11.5 Å². The number of methoxy groups -OCH3 is 1. The molecule has 0 aliphatic heterocycles. The van der Waals surface area contributed by atoms with Gasteiger partial charge in [-0.1, -0.05) is 60.7 Å². The van der Waals surface area contributed by atoms with Crippen LogP contribution < -0.4 is 14.8 Å². The number of nitrogens with zero attached hydrogens (tertiary/aromatic N) is 1. The number of benzene rings is 3. The molecular formula is C30H36N2O4. The Balaban J connectivity index is 1.95. The van der Waals surface area contributed by atoms with Crippen molar-refractivity contribution in [3.63, 3.8) is 0 Å². The molecule has 0 unspecified atom stereocenters. The van der Waals surface area contributed by atoms with Crippen molar-refractivity contribution in [2.45, 2.75) is 52.2 Å². The Morgan fingerprint density at radius 2 is 1.58 bits per heavy atom. The number of nitrogens with one attached hydrogen (secondary N) is 1. The minimum Gasteiger partial charge on any atom is -0.497 e. The van der Waals surface area contributed by atoms with Crippen LogP contribution in [-0.2, 0) is 22.6 Å². The Hall–Kier alpha value is -3.80. The van der Waals surface area contributed by atoms with E-state index in [1.54, 1.807) is 12.0 Å². The van der Waals surface area contributed by atoms with Crippen molar-refractivity contribution < 1.29 is 19.1 Å². The van der Waals surface area contributed by atoms with E-state index < -0.39 is 11.6 Å². The van der Waals surface area contributed by atoms with E-state index in [0.717, 1.165) is 16.7 Å². The second kappa shape index (κ2) is 12.2. The van der Waals surface area contributed by atoms with Crippen LogP contribution >= 0.6 is 0 Å². The summed E-state index contributed by atoms with van der Waals surface area (Å²) in [4.78, 5) is 28.9. The van der Waals surface area contributed by atoms with E-state index in [4.69, 9.17) is 9.47 Å². The van der Waals surface area contributed by atoms with E-state index in [-0.39, 0.29) is 25.0 Å². The molecule has 36 heavy (non-hydrogen) atoms. The minimum atomic E-state index is -0.731. The third-order valence-corrected chi connectivity index (χ3v) is 5.70. The largest absolute Gasteiger partial charge is 0.497 e. The van der Waals surface area contributed by atoms with Crippen LogP contribution in [0.2, 0.25) is 0 Å². The van der Waals surface area contributed by atoms with Gasteiger partial charge in [0.25, 0.3) is 5.91 Å². The van der Waals surface area contributed by atoms with Gasteiger partial charge in [0.1, 0.15) is 17.5 Å². The fraction of sp³-hybridized carbons (Fsp3) is 0.333. The Bertz CT molecular complexity index is 1150. The van der Waals surface area contributed by atoms with Crippen LogP contribution in [0, 0.1) is 6.92 Å². The molecule has 1 atom stereocenters. The first-order valence-corrected chi connectivity index (χ1v) is 12.1. The van der Waals surface area contributed by atoms with Crippen LogP contribution in [0.3, 0.4) is 0 Å². The number of amides is 2. The van der Waals surface area contributed by atoms with Gasteiger partial charge in [-0.05, 0) is 62.6 Å². The summed E-state index contributed by atoms with van der Waals surface area (Å²) in [6.07, 6.45) is 0.378. The van der Waals surface area contributed by atoms with Crippen molar-refractivity contribution in [2.75, 3.05) is 13.7 Å². The van der Waals surface area contributed by atoms with E-state index in [0.29, 0.717) is 17.9 Å². The zero-order valence-electron chi connectivity index (χ0n) is 21.8. The van der Waals surface area contributed by atoms with Gasteiger partial charge < -0.3 is 19.7 Å². The van der Waals surface area contributed by atoms with Gasteiger partial charge >= 0.3 is 0 Å². The molecule has 2 amide bonds. The highest BCUT2D eigenvalue weighted by Crippen LogP contribution is 2.20. The maximum atomic E-state index is 13.7. The molecule has 0 fully saturated rings. The molecular weight excluding hydrogens is 452 g/mol. The average Bonchev–Trinajstić information content (AvgIpc) is 2.85. The molecule has 0 heterocycles. The third-order valence-electron chi connectivity index (χ3n) is 5.70. The van der Waals surface area contributed by atoms with Crippen molar-refractivity contribution in [3.8, 4) is 11.5 Å². The lowest BCUT2D eigenvalue weighted by Gasteiger charge is -2.34. The third kappa shape index (κ3) is 7.87. The zero-order chi connectivity index (χ0) is 26.1. The normalized spacial score (nSPS) is 11.9. The quantitative estimate of drug-likeness (QED) is 0.439. The smallest absolute Gasteiger partial charge is 0.261 e. The number of carbonyl (C=O) groups excluding carboxylic acids is 2. The van der Waals surface area contributed by atoms with Gasteiger partial charge in [-0.15, -0.1) is 0 Å². The number of aryl methyl sites for hydroxylation is 1. The molecule has 0 aromatic heterocycles. The highest BCUT2D eigenvalue weighted by atomic mass is 16.5. The lowest BCUT2D eigenvalue weighted by atomic mass is 10.0. The second-order valence-corrected chi connectivity index (χ2v) is 9.87. The first-order valence-electron chi connectivity index (χ1n) is 12.1. The molecule has 0 saturated heterocycles. The van der Waals surface area contributed by atoms with E-state index in [2.05, 4.69) is 5.32 Å². The van der Waals surface area contributed by atoms with Crippen molar-refractivity contribution in [3.05, 3.63) is 95.6 Å². The fourth-order valence-electron chi connectivity index (χ4n) is 3.92. The molecule has 0 bridgehead atoms. The molecule has 0 aliphatic rings. The first-order chi connectivity index (χ1) is 17.2. The average molecular weight is 489 g/mol. The summed E-state index contributed by atoms with van der Waals surface area (Å²) >= 11 is 0. The summed E-state index contributed by atoms with van der Waals surface area (Å²) in [5, 5.41) is 3.07. The summed E-state index contributed by atoms with van der Waals surface area (Å²) in [5.41, 5.74) is 2.32. The fourth-order valence-corrected chi connectivity index (χ4v) is 3.92. The molecule has 6 heteroatoms. The number of para-hydroxylation sites is 1. The van der Waals surface area contributed by atoms with Gasteiger partial charge in [0.2, 0.25) is 5.91 Å². The maximum absolute atomic E-state index is 13.7. The highest BCUT2D eigenvalue weighted by Gasteiger charge is 2.32. The molecule has 0 radical (unpaired) electrons. The lowest BCUT2D eigenvalue weighted by Crippen LogP contribution is -2.55. The molecule has 1 N–H and O–H groups in total. The van der Waals surface area contributed by atoms with Gasteiger partial charge in [-0.2, -0.15) is 0 Å². The SMILES string of the molecule is COc1cccc(CN(C(=O)COc2ccccc2C)[C@@H](Cc2ccccc2)C(=O)NC(C)(C)C)c1. The number of carbonyl (C=O) groups is 2. The topological polar surface area (TPSA) is 67.9 Å². The monoisotopic (exact) mass is 488 g/mol. The Morgan fingerprint density at radius 3 is 2.25 bits per heavy atom. The predicted octanol–water partition coefficient (Wildman–Crippen LogP) is 4.94. The Morgan fingerprint density at radius 1 is 0.917 bits per heavy atom.